The maximum absolute atomic E-state index is 6.00. The van der Waals surface area contributed by atoms with E-state index in [1.165, 1.54) is 56.2 Å². The summed E-state index contributed by atoms with van der Waals surface area (Å²) in [5.41, 5.74) is 2.62. The fraction of sp³-hybridized carbons (Fsp3) is 0.786. The summed E-state index contributed by atoms with van der Waals surface area (Å²) in [6.07, 6.45) is 12.3. The summed E-state index contributed by atoms with van der Waals surface area (Å²) in [5, 5.41) is 4.60. The highest BCUT2D eigenvalue weighted by Crippen LogP contribution is 2.29. The highest BCUT2D eigenvalue weighted by molar-refractivity contribution is 6.17. The van der Waals surface area contributed by atoms with Crippen LogP contribution in [0, 0.1) is 0 Å². The van der Waals surface area contributed by atoms with Crippen molar-refractivity contribution in [3.8, 4) is 0 Å². The summed E-state index contributed by atoms with van der Waals surface area (Å²) in [5.74, 6) is 0.599. The first-order chi connectivity index (χ1) is 8.36. The maximum atomic E-state index is 6.00. The Morgan fingerprint density at radius 2 is 2.00 bits per heavy atom. The first-order valence-electron chi connectivity index (χ1n) is 6.98. The Morgan fingerprint density at radius 3 is 2.59 bits per heavy atom. The van der Waals surface area contributed by atoms with Gasteiger partial charge in [-0.2, -0.15) is 5.10 Å². The molecule has 1 aromatic heterocycles. The molecule has 0 saturated heterocycles. The highest BCUT2D eigenvalue weighted by atomic mass is 35.5. The number of nitrogens with zero attached hydrogens (tertiary/aromatic N) is 2. The lowest BCUT2D eigenvalue weighted by Gasteiger charge is -2.18. The van der Waals surface area contributed by atoms with Crippen LogP contribution < -0.4 is 0 Å². The van der Waals surface area contributed by atoms with E-state index < -0.39 is 0 Å². The molecule has 2 rings (SSSR count). The predicted octanol–water partition coefficient (Wildman–Crippen LogP) is 4.47. The second-order valence-corrected chi connectivity index (χ2v) is 5.36. The zero-order valence-corrected chi connectivity index (χ0v) is 11.5. The summed E-state index contributed by atoms with van der Waals surface area (Å²) in [4.78, 5) is 0. The molecule has 17 heavy (non-hydrogen) atoms. The van der Waals surface area contributed by atoms with Gasteiger partial charge in [0.25, 0.3) is 0 Å². The average molecular weight is 255 g/mol. The van der Waals surface area contributed by atoms with Crippen molar-refractivity contribution in [1.29, 1.82) is 0 Å². The van der Waals surface area contributed by atoms with Crippen LogP contribution >= 0.6 is 11.6 Å². The fourth-order valence-corrected chi connectivity index (χ4v) is 3.09. The number of hydrogen-bond donors (Lipinski definition) is 0. The molecule has 3 heteroatoms. The lowest BCUT2D eigenvalue weighted by Crippen LogP contribution is -2.13. The lowest BCUT2D eigenvalue weighted by molar-refractivity contribution is 0.392. The van der Waals surface area contributed by atoms with E-state index in [-0.39, 0.29) is 0 Å². The van der Waals surface area contributed by atoms with E-state index in [0.29, 0.717) is 11.9 Å². The van der Waals surface area contributed by atoms with Crippen LogP contribution in [0.4, 0.5) is 0 Å². The number of halogens is 1. The number of aromatic nitrogens is 2. The molecule has 0 spiro atoms. The minimum Gasteiger partial charge on any atom is -0.266 e. The second-order valence-electron chi connectivity index (χ2n) is 5.09. The predicted molar refractivity (Wildman–Crippen MR) is 72.5 cm³/mol. The zero-order valence-electron chi connectivity index (χ0n) is 10.8. The Labute approximate surface area is 109 Å². The minimum absolute atomic E-state index is 0.599. The molecule has 96 valence electrons. The quantitative estimate of drug-likeness (QED) is 0.573. The Morgan fingerprint density at radius 1 is 1.29 bits per heavy atom. The zero-order chi connectivity index (χ0) is 12.1. The first kappa shape index (κ1) is 12.9. The minimum atomic E-state index is 0.599. The summed E-state index contributed by atoms with van der Waals surface area (Å²) in [7, 11) is 0. The second kappa shape index (κ2) is 6.44. The van der Waals surface area contributed by atoms with Crippen molar-refractivity contribution < 1.29 is 0 Å². The van der Waals surface area contributed by atoms with E-state index in [1.54, 1.807) is 0 Å². The van der Waals surface area contributed by atoms with E-state index in [4.69, 9.17) is 11.6 Å². The van der Waals surface area contributed by atoms with Crippen LogP contribution in [0.3, 0.4) is 0 Å². The van der Waals surface area contributed by atoms with Gasteiger partial charge in [-0.1, -0.05) is 39.0 Å². The molecule has 0 bridgehead atoms. The molecule has 0 amide bonds. The monoisotopic (exact) mass is 254 g/mol. The third-order valence-electron chi connectivity index (χ3n) is 3.79. The van der Waals surface area contributed by atoms with Crippen LogP contribution in [0.25, 0.3) is 0 Å². The third-order valence-corrected chi connectivity index (χ3v) is 4.07. The van der Waals surface area contributed by atoms with Gasteiger partial charge < -0.3 is 0 Å². The lowest BCUT2D eigenvalue weighted by atomic mass is 10.1. The van der Waals surface area contributed by atoms with E-state index in [9.17, 15) is 0 Å². The van der Waals surface area contributed by atoms with Crippen molar-refractivity contribution in [3.63, 3.8) is 0 Å². The normalized spacial score (nSPS) is 18.2. The number of alkyl halides is 1. The molecule has 0 aromatic carbocycles. The van der Waals surface area contributed by atoms with Crippen LogP contribution in [-0.4, -0.2) is 9.78 Å². The Hall–Kier alpha value is -0.500. The number of rotatable bonds is 4. The first-order valence-corrected chi connectivity index (χ1v) is 7.51. The van der Waals surface area contributed by atoms with Gasteiger partial charge in [0.15, 0.2) is 0 Å². The molecule has 0 N–H and O–H groups in total. The third kappa shape index (κ3) is 3.04. The van der Waals surface area contributed by atoms with Crippen molar-refractivity contribution in [2.75, 3.05) is 0 Å². The van der Waals surface area contributed by atoms with Crippen LogP contribution in [0.5, 0.6) is 0 Å². The van der Waals surface area contributed by atoms with Crippen LogP contribution in [0.15, 0.2) is 6.20 Å². The highest BCUT2D eigenvalue weighted by Gasteiger charge is 2.19. The largest absolute Gasteiger partial charge is 0.266 e. The van der Waals surface area contributed by atoms with Crippen molar-refractivity contribution in [1.82, 2.24) is 9.78 Å². The molecular weight excluding hydrogens is 232 g/mol. The number of hydrogen-bond acceptors (Lipinski definition) is 1. The van der Waals surface area contributed by atoms with Gasteiger partial charge in [0, 0.05) is 11.3 Å². The van der Waals surface area contributed by atoms with Crippen molar-refractivity contribution in [3.05, 3.63) is 17.5 Å². The summed E-state index contributed by atoms with van der Waals surface area (Å²) in [6.45, 7) is 2.22. The Kier molecular flexibility index (Phi) is 4.90. The standard InChI is InChI=1S/C14H23ClN2/c1-2-7-14-12(10-15)11-16-17(14)13-8-5-3-4-6-9-13/h11,13H,2-10H2,1H3. The maximum Gasteiger partial charge on any atom is 0.0536 e. The van der Waals surface area contributed by atoms with Gasteiger partial charge in [0.05, 0.1) is 18.1 Å². The summed E-state index contributed by atoms with van der Waals surface area (Å²) < 4.78 is 2.28. The SMILES string of the molecule is CCCc1c(CCl)cnn1C1CCCCCC1. The van der Waals surface area contributed by atoms with Gasteiger partial charge in [-0.05, 0) is 19.3 Å². The average Bonchev–Trinajstić information content (AvgIpc) is 2.58. The van der Waals surface area contributed by atoms with Crippen molar-refractivity contribution in [2.45, 2.75) is 70.2 Å². The van der Waals surface area contributed by atoms with Crippen molar-refractivity contribution >= 4 is 11.6 Å². The molecule has 1 saturated carbocycles. The molecule has 1 aliphatic carbocycles. The van der Waals surface area contributed by atoms with Gasteiger partial charge >= 0.3 is 0 Å². The molecular formula is C14H23ClN2. The van der Waals surface area contributed by atoms with Gasteiger partial charge in [0.1, 0.15) is 0 Å². The van der Waals surface area contributed by atoms with Gasteiger partial charge in [-0.15, -0.1) is 11.6 Å². The van der Waals surface area contributed by atoms with E-state index in [0.717, 1.165) is 6.42 Å². The molecule has 0 unspecified atom stereocenters. The fourth-order valence-electron chi connectivity index (χ4n) is 2.86. The van der Waals surface area contributed by atoms with Gasteiger partial charge in [-0.25, -0.2) is 0 Å². The topological polar surface area (TPSA) is 17.8 Å². The van der Waals surface area contributed by atoms with E-state index in [1.807, 2.05) is 6.20 Å². The molecule has 1 heterocycles. The van der Waals surface area contributed by atoms with Crippen LogP contribution in [0.2, 0.25) is 0 Å². The van der Waals surface area contributed by atoms with E-state index in [2.05, 4.69) is 16.7 Å². The van der Waals surface area contributed by atoms with Crippen molar-refractivity contribution in [2.24, 2.45) is 0 Å². The Balaban J connectivity index is 2.20. The van der Waals surface area contributed by atoms with E-state index >= 15 is 0 Å². The molecule has 0 radical (unpaired) electrons. The summed E-state index contributed by atoms with van der Waals surface area (Å²) >= 11 is 6.00. The molecule has 1 aromatic rings. The summed E-state index contributed by atoms with van der Waals surface area (Å²) in [6, 6.07) is 0.621. The molecule has 2 nitrogen and oxygen atoms in total. The smallest absolute Gasteiger partial charge is 0.0536 e. The molecule has 0 atom stereocenters. The van der Waals surface area contributed by atoms with Gasteiger partial charge in [0.2, 0.25) is 0 Å². The molecule has 0 aliphatic heterocycles. The van der Waals surface area contributed by atoms with Crippen LogP contribution in [0.1, 0.15) is 69.2 Å². The van der Waals surface area contributed by atoms with Crippen LogP contribution in [-0.2, 0) is 12.3 Å². The molecule has 1 fully saturated rings. The Bertz CT molecular complexity index is 338. The van der Waals surface area contributed by atoms with Gasteiger partial charge in [-0.3, -0.25) is 4.68 Å². The molecule has 1 aliphatic rings.